The van der Waals surface area contributed by atoms with E-state index >= 15 is 0 Å². The number of primary amides is 1. The van der Waals surface area contributed by atoms with E-state index in [2.05, 4.69) is 33.6 Å². The van der Waals surface area contributed by atoms with Crippen LogP contribution in [0.25, 0.3) is 10.9 Å². The molecule has 1 aromatic carbocycles. The average molecular weight is 535 g/mol. The number of benzene rings is 1. The van der Waals surface area contributed by atoms with E-state index < -0.39 is 60.2 Å². The topological polar surface area (TPSA) is 209 Å². The minimum absolute atomic E-state index is 0.0924. The summed E-state index contributed by atoms with van der Waals surface area (Å²) in [5.41, 5.74) is 12.7. The van der Waals surface area contributed by atoms with Crippen molar-refractivity contribution in [3.05, 3.63) is 36.0 Å². The number of carboxylic acid groups (broad SMARTS) is 1. The summed E-state index contributed by atoms with van der Waals surface area (Å²) in [4.78, 5) is 64.4. The Morgan fingerprint density at radius 1 is 1.00 bits per heavy atom. The number of H-pyrrole nitrogens is 1. The molecule has 0 saturated carbocycles. The molecule has 5 atom stereocenters. The third kappa shape index (κ3) is 8.22. The fourth-order valence-corrected chi connectivity index (χ4v) is 3.91. The lowest BCUT2D eigenvalue weighted by Gasteiger charge is -2.25. The first-order chi connectivity index (χ1) is 17.5. The number of carbonyl (C=O) groups excluding carboxylic acids is 4. The molecule has 2 rings (SSSR count). The third-order valence-corrected chi connectivity index (χ3v) is 6.49. The Labute approximate surface area is 219 Å². The summed E-state index contributed by atoms with van der Waals surface area (Å²) >= 11 is 4.09. The molecule has 5 unspecified atom stereocenters. The van der Waals surface area contributed by atoms with Gasteiger partial charge >= 0.3 is 5.97 Å². The zero-order valence-electron chi connectivity index (χ0n) is 20.7. The van der Waals surface area contributed by atoms with Crippen LogP contribution in [-0.4, -0.2) is 69.6 Å². The molecule has 9 N–H and O–H groups in total. The van der Waals surface area contributed by atoms with Gasteiger partial charge in [0.2, 0.25) is 23.6 Å². The molecule has 12 nitrogen and oxygen atoms in total. The van der Waals surface area contributed by atoms with E-state index in [1.807, 2.05) is 38.1 Å². The molecule has 0 aliphatic heterocycles. The Kier molecular flexibility index (Phi) is 10.9. The molecular weight excluding hydrogens is 500 g/mol. The van der Waals surface area contributed by atoms with Gasteiger partial charge in [0.25, 0.3) is 0 Å². The van der Waals surface area contributed by atoms with Crippen molar-refractivity contribution < 1.29 is 29.1 Å². The first-order valence-electron chi connectivity index (χ1n) is 11.8. The summed E-state index contributed by atoms with van der Waals surface area (Å²) in [6.45, 7) is 3.72. The van der Waals surface area contributed by atoms with E-state index in [0.29, 0.717) is 6.42 Å². The first-order valence-corrected chi connectivity index (χ1v) is 12.4. The first kappa shape index (κ1) is 29.6. The molecule has 1 heterocycles. The number of para-hydroxylation sites is 1. The van der Waals surface area contributed by atoms with E-state index in [1.54, 1.807) is 6.20 Å². The number of fused-ring (bicyclic) bond motifs is 1. The smallest absolute Gasteiger partial charge is 0.326 e. The van der Waals surface area contributed by atoms with Crippen molar-refractivity contribution >= 4 is 53.1 Å². The molecule has 1 aromatic heterocycles. The van der Waals surface area contributed by atoms with E-state index in [-0.39, 0.29) is 18.1 Å². The summed E-state index contributed by atoms with van der Waals surface area (Å²) < 4.78 is 0. The summed E-state index contributed by atoms with van der Waals surface area (Å²) in [5.74, 6) is -4.77. The van der Waals surface area contributed by atoms with Gasteiger partial charge in [0.05, 0.1) is 12.5 Å². The highest BCUT2D eigenvalue weighted by Crippen LogP contribution is 2.19. The van der Waals surface area contributed by atoms with Gasteiger partial charge in [-0.3, -0.25) is 19.2 Å². The molecule has 0 aliphatic rings. The number of amides is 4. The summed E-state index contributed by atoms with van der Waals surface area (Å²) in [6.07, 6.45) is 1.86. The van der Waals surface area contributed by atoms with Gasteiger partial charge in [0, 0.05) is 29.3 Å². The van der Waals surface area contributed by atoms with Crippen molar-refractivity contribution in [1.29, 1.82) is 0 Å². The van der Waals surface area contributed by atoms with Crippen LogP contribution in [0.5, 0.6) is 0 Å². The number of aliphatic carboxylic acids is 1. The number of thiol groups is 1. The van der Waals surface area contributed by atoms with Crippen molar-refractivity contribution in [3.63, 3.8) is 0 Å². The fraction of sp³-hybridized carbons (Fsp3) is 0.458. The molecule has 37 heavy (non-hydrogen) atoms. The second kappa shape index (κ2) is 13.7. The third-order valence-electron chi connectivity index (χ3n) is 6.13. The lowest BCUT2D eigenvalue weighted by Crippen LogP contribution is -2.58. The van der Waals surface area contributed by atoms with Crippen molar-refractivity contribution in [3.8, 4) is 0 Å². The predicted octanol–water partition coefficient (Wildman–Crippen LogP) is -0.572. The van der Waals surface area contributed by atoms with Crippen LogP contribution in [0.2, 0.25) is 0 Å². The van der Waals surface area contributed by atoms with Crippen molar-refractivity contribution in [2.24, 2.45) is 17.4 Å². The standard InChI is InChI=1S/C24H34N6O6S/c1-3-12(2)20(26)23(34)28-16(8-13-10-27-15-7-5-4-6-14(13)15)21(32)30-18(11-37)22(33)29-17(24(35)36)9-19(25)31/h4-7,10,12,16-18,20,27,37H,3,8-9,11,26H2,1-2H3,(H2,25,31)(H,28,34)(H,29,33)(H,30,32)(H,35,36). The minimum Gasteiger partial charge on any atom is -0.480 e. The Bertz CT molecular complexity index is 1140. The molecule has 0 aliphatic carbocycles. The second-order valence-corrected chi connectivity index (χ2v) is 9.21. The van der Waals surface area contributed by atoms with Crippen molar-refractivity contribution in [2.45, 2.75) is 57.3 Å². The maximum atomic E-state index is 13.3. The van der Waals surface area contributed by atoms with Crippen LogP contribution in [-0.2, 0) is 30.4 Å². The second-order valence-electron chi connectivity index (χ2n) is 8.85. The number of carbonyl (C=O) groups is 5. The molecule has 0 radical (unpaired) electrons. The monoisotopic (exact) mass is 534 g/mol. The van der Waals surface area contributed by atoms with Gasteiger partial charge in [-0.2, -0.15) is 12.6 Å². The SMILES string of the molecule is CCC(C)C(N)C(=O)NC(Cc1c[nH]c2ccccc12)C(=O)NC(CS)C(=O)NC(CC(N)=O)C(=O)O. The Hall–Kier alpha value is -3.58. The maximum absolute atomic E-state index is 13.3. The van der Waals surface area contributed by atoms with Crippen LogP contribution in [0.1, 0.15) is 32.3 Å². The Morgan fingerprint density at radius 2 is 1.59 bits per heavy atom. The largest absolute Gasteiger partial charge is 0.480 e. The summed E-state index contributed by atoms with van der Waals surface area (Å²) in [6, 6.07) is 2.68. The molecule has 0 spiro atoms. The number of aromatic nitrogens is 1. The molecular formula is C24H34N6O6S. The number of hydrogen-bond donors (Lipinski definition) is 8. The highest BCUT2D eigenvalue weighted by molar-refractivity contribution is 7.80. The zero-order chi connectivity index (χ0) is 27.7. The van der Waals surface area contributed by atoms with Crippen LogP contribution in [0.3, 0.4) is 0 Å². The van der Waals surface area contributed by atoms with Gasteiger partial charge < -0.3 is 37.5 Å². The van der Waals surface area contributed by atoms with Gasteiger partial charge in [0.15, 0.2) is 0 Å². The molecule has 0 fully saturated rings. The Balaban J connectivity index is 2.25. The quantitative estimate of drug-likeness (QED) is 0.148. The maximum Gasteiger partial charge on any atom is 0.326 e. The fourth-order valence-electron chi connectivity index (χ4n) is 3.65. The molecule has 13 heteroatoms. The minimum atomic E-state index is -1.57. The van der Waals surface area contributed by atoms with Crippen molar-refractivity contribution in [2.75, 3.05) is 5.75 Å². The highest BCUT2D eigenvalue weighted by atomic mass is 32.1. The van der Waals surface area contributed by atoms with Gasteiger partial charge in [0.1, 0.15) is 18.1 Å². The number of hydrogen-bond acceptors (Lipinski definition) is 7. The van der Waals surface area contributed by atoms with Crippen molar-refractivity contribution in [1.82, 2.24) is 20.9 Å². The Morgan fingerprint density at radius 3 is 2.19 bits per heavy atom. The summed E-state index contributed by atoms with van der Waals surface area (Å²) in [5, 5.41) is 17.5. The molecule has 0 bridgehead atoms. The molecule has 0 saturated heterocycles. The number of carboxylic acids is 1. The molecule has 4 amide bonds. The van der Waals surface area contributed by atoms with Gasteiger partial charge in [-0.1, -0.05) is 38.5 Å². The lowest BCUT2D eigenvalue weighted by atomic mass is 9.98. The van der Waals surface area contributed by atoms with E-state index in [4.69, 9.17) is 11.5 Å². The molecule has 202 valence electrons. The normalized spacial score (nSPS) is 15.1. The van der Waals surface area contributed by atoms with Crippen LogP contribution < -0.4 is 27.4 Å². The number of aromatic amines is 1. The van der Waals surface area contributed by atoms with E-state index in [9.17, 15) is 29.1 Å². The van der Waals surface area contributed by atoms with E-state index in [0.717, 1.165) is 16.5 Å². The van der Waals surface area contributed by atoms with Crippen LogP contribution in [0.15, 0.2) is 30.5 Å². The molecule has 2 aromatic rings. The highest BCUT2D eigenvalue weighted by Gasteiger charge is 2.31. The predicted molar refractivity (Wildman–Crippen MR) is 141 cm³/mol. The van der Waals surface area contributed by atoms with Crippen LogP contribution in [0, 0.1) is 5.92 Å². The number of nitrogens with two attached hydrogens (primary N) is 2. The van der Waals surface area contributed by atoms with Gasteiger partial charge in [-0.05, 0) is 17.5 Å². The number of rotatable bonds is 14. The number of nitrogens with one attached hydrogen (secondary N) is 4. The zero-order valence-corrected chi connectivity index (χ0v) is 21.6. The average Bonchev–Trinajstić information content (AvgIpc) is 3.27. The van der Waals surface area contributed by atoms with Gasteiger partial charge in [-0.15, -0.1) is 0 Å². The van der Waals surface area contributed by atoms with E-state index in [1.165, 1.54) is 0 Å². The summed E-state index contributed by atoms with van der Waals surface area (Å²) in [7, 11) is 0. The van der Waals surface area contributed by atoms with Crippen LogP contribution >= 0.6 is 12.6 Å². The van der Waals surface area contributed by atoms with Gasteiger partial charge in [-0.25, -0.2) is 4.79 Å². The lowest BCUT2D eigenvalue weighted by molar-refractivity contribution is -0.143. The van der Waals surface area contributed by atoms with Crippen LogP contribution in [0.4, 0.5) is 0 Å².